The Bertz CT molecular complexity index is 2190. The van der Waals surface area contributed by atoms with Crippen LogP contribution in [0, 0.1) is 13.8 Å². The zero-order chi connectivity index (χ0) is 40.4. The molecule has 8 heteroatoms. The molecule has 4 aromatic carbocycles. The van der Waals surface area contributed by atoms with Crippen LogP contribution in [0.2, 0.25) is 0 Å². The Balaban J connectivity index is 0.000000177. The van der Waals surface area contributed by atoms with Crippen LogP contribution in [-0.2, 0) is 22.3 Å². The maximum Gasteiger partial charge on any atom is 0.338 e. The van der Waals surface area contributed by atoms with Gasteiger partial charge in [0, 0.05) is 24.8 Å². The molecular weight excluding hydrogens is 725 g/mol. The van der Waals surface area contributed by atoms with Crippen LogP contribution in [0.4, 0.5) is 0 Å². The van der Waals surface area contributed by atoms with Crippen LogP contribution >= 0.6 is 0 Å². The number of nitrogens with zero attached hydrogens (tertiary/aromatic N) is 2. The summed E-state index contributed by atoms with van der Waals surface area (Å²) in [7, 11) is 2.82. The van der Waals surface area contributed by atoms with Gasteiger partial charge in [0.1, 0.15) is 11.5 Å². The van der Waals surface area contributed by atoms with Gasteiger partial charge in [0.15, 0.2) is 0 Å². The summed E-state index contributed by atoms with van der Waals surface area (Å²) < 4.78 is 21.8. The van der Waals surface area contributed by atoms with E-state index in [0.29, 0.717) is 36.2 Å². The van der Waals surface area contributed by atoms with Crippen molar-refractivity contribution in [2.75, 3.05) is 27.4 Å². The van der Waals surface area contributed by atoms with Crippen LogP contribution in [0.25, 0.3) is 22.3 Å². The molecule has 0 saturated carbocycles. The molecule has 2 aliphatic rings. The van der Waals surface area contributed by atoms with Gasteiger partial charge in [0.25, 0.3) is 0 Å². The predicted octanol–water partition coefficient (Wildman–Crippen LogP) is 10.7. The monoisotopic (exact) mass is 774 g/mol. The van der Waals surface area contributed by atoms with Gasteiger partial charge in [-0.1, -0.05) is 83.9 Å². The minimum Gasteiger partial charge on any atom is -0.493 e. The zero-order valence-electron chi connectivity index (χ0n) is 33.7. The SMILES string of the molecule is COC(=O)c1ccncc1CC[C@@H]1CCOc2cc(-c3ccc(C)cc3)ccc21.COC(=O)c1ccncc1CC[C@H]1CCOc2cc(-c3ccc(C)cc3)ccc21. The number of carbonyl (C=O) groups excluding carboxylic acids is 2. The Labute approximate surface area is 341 Å². The van der Waals surface area contributed by atoms with E-state index in [1.54, 1.807) is 36.9 Å². The summed E-state index contributed by atoms with van der Waals surface area (Å²) in [5.41, 5.74) is 12.8. The van der Waals surface area contributed by atoms with E-state index in [9.17, 15) is 9.59 Å². The lowest BCUT2D eigenvalue weighted by molar-refractivity contribution is 0.0590. The molecule has 0 radical (unpaired) electrons. The van der Waals surface area contributed by atoms with Gasteiger partial charge in [0.05, 0.1) is 38.6 Å². The topological polar surface area (TPSA) is 96.8 Å². The van der Waals surface area contributed by atoms with Crippen molar-refractivity contribution in [1.82, 2.24) is 9.97 Å². The number of hydrogen-bond acceptors (Lipinski definition) is 8. The average molecular weight is 775 g/mol. The van der Waals surface area contributed by atoms with Crippen LogP contribution in [-0.4, -0.2) is 49.3 Å². The molecule has 8 rings (SSSR count). The van der Waals surface area contributed by atoms with Gasteiger partial charge in [-0.3, -0.25) is 9.97 Å². The normalized spacial score (nSPS) is 15.3. The first-order chi connectivity index (χ1) is 28.3. The molecule has 6 aromatic rings. The van der Waals surface area contributed by atoms with Crippen molar-refractivity contribution in [3.63, 3.8) is 0 Å². The van der Waals surface area contributed by atoms with Gasteiger partial charge in [0.2, 0.25) is 0 Å². The highest BCUT2D eigenvalue weighted by Gasteiger charge is 2.25. The number of pyridine rings is 2. The fourth-order valence-corrected chi connectivity index (χ4v) is 7.91. The smallest absolute Gasteiger partial charge is 0.338 e. The molecule has 0 amide bonds. The molecule has 0 saturated heterocycles. The summed E-state index contributed by atoms with van der Waals surface area (Å²) in [6.45, 7) is 5.62. The van der Waals surface area contributed by atoms with Crippen molar-refractivity contribution in [2.45, 2.75) is 64.2 Å². The number of aryl methyl sites for hydroxylation is 4. The lowest BCUT2D eigenvalue weighted by Crippen LogP contribution is -2.15. The highest BCUT2D eigenvalue weighted by atomic mass is 16.5. The first-order valence-corrected chi connectivity index (χ1v) is 20.0. The van der Waals surface area contributed by atoms with Crippen molar-refractivity contribution in [3.8, 4) is 33.8 Å². The number of aromatic nitrogens is 2. The van der Waals surface area contributed by atoms with E-state index in [4.69, 9.17) is 18.9 Å². The first kappa shape index (κ1) is 39.9. The average Bonchev–Trinajstić information content (AvgIpc) is 3.27. The third-order valence-corrected chi connectivity index (χ3v) is 11.3. The van der Waals surface area contributed by atoms with Crippen LogP contribution in [0.15, 0.2) is 122 Å². The van der Waals surface area contributed by atoms with Gasteiger partial charge in [-0.05, 0) is 133 Å². The number of hydrogen-bond donors (Lipinski definition) is 0. The largest absolute Gasteiger partial charge is 0.493 e. The fraction of sp³-hybridized carbons (Fsp3) is 0.280. The third kappa shape index (κ3) is 9.46. The van der Waals surface area contributed by atoms with Gasteiger partial charge >= 0.3 is 11.9 Å². The van der Waals surface area contributed by atoms with Crippen LogP contribution < -0.4 is 9.47 Å². The van der Waals surface area contributed by atoms with Crippen molar-refractivity contribution in [2.24, 2.45) is 0 Å². The lowest BCUT2D eigenvalue weighted by Gasteiger charge is -2.26. The Morgan fingerprint density at radius 3 is 1.36 bits per heavy atom. The van der Waals surface area contributed by atoms with E-state index in [2.05, 4.69) is 109 Å². The van der Waals surface area contributed by atoms with E-state index >= 15 is 0 Å². The van der Waals surface area contributed by atoms with E-state index in [1.165, 1.54) is 58.7 Å². The standard InChI is InChI=1S/2C25H25NO3/c2*1-17-3-5-18(6-4-17)20-9-10-22-19(12-14-29-24(22)15-20)7-8-21-16-26-13-11-23(21)25(27)28-2/h2*3-6,9-11,13,15-16,19H,7-8,12,14H2,1-2H3/t2*19-/m10/s1. The molecule has 2 aliphatic heterocycles. The number of esters is 2. The van der Waals surface area contributed by atoms with E-state index in [1.807, 2.05) is 0 Å². The number of rotatable bonds is 10. The highest BCUT2D eigenvalue weighted by Crippen LogP contribution is 2.40. The molecule has 8 nitrogen and oxygen atoms in total. The second-order valence-corrected chi connectivity index (χ2v) is 15.0. The second-order valence-electron chi connectivity index (χ2n) is 15.0. The number of benzene rings is 4. The fourth-order valence-electron chi connectivity index (χ4n) is 7.91. The summed E-state index contributed by atoms with van der Waals surface area (Å²) in [6, 6.07) is 33.6. The Kier molecular flexibility index (Phi) is 12.9. The molecule has 4 heterocycles. The Morgan fingerprint density at radius 2 is 0.966 bits per heavy atom. The molecule has 0 N–H and O–H groups in total. The summed E-state index contributed by atoms with van der Waals surface area (Å²) in [5.74, 6) is 2.13. The van der Waals surface area contributed by atoms with Gasteiger partial charge in [-0.15, -0.1) is 0 Å². The highest BCUT2D eigenvalue weighted by molar-refractivity contribution is 5.91. The molecule has 0 unspecified atom stereocenters. The van der Waals surface area contributed by atoms with Crippen molar-refractivity contribution >= 4 is 11.9 Å². The number of fused-ring (bicyclic) bond motifs is 2. The molecular formula is C50H50N2O6. The zero-order valence-corrected chi connectivity index (χ0v) is 33.7. The van der Waals surface area contributed by atoms with Crippen LogP contribution in [0.5, 0.6) is 11.5 Å². The summed E-state index contributed by atoms with van der Waals surface area (Å²) in [5, 5.41) is 0. The Morgan fingerprint density at radius 1 is 0.569 bits per heavy atom. The first-order valence-electron chi connectivity index (χ1n) is 20.0. The van der Waals surface area contributed by atoms with Crippen molar-refractivity contribution in [3.05, 3.63) is 166 Å². The van der Waals surface area contributed by atoms with Crippen molar-refractivity contribution < 1.29 is 28.5 Å². The van der Waals surface area contributed by atoms with Gasteiger partial charge < -0.3 is 18.9 Å². The molecule has 0 aliphatic carbocycles. The molecule has 2 atom stereocenters. The quantitative estimate of drug-likeness (QED) is 0.127. The summed E-state index contributed by atoms with van der Waals surface area (Å²) in [4.78, 5) is 32.4. The second kappa shape index (κ2) is 18.8. The van der Waals surface area contributed by atoms with Gasteiger partial charge in [-0.25, -0.2) is 9.59 Å². The number of methoxy groups -OCH3 is 2. The minimum atomic E-state index is -0.308. The molecule has 0 spiro atoms. The summed E-state index contributed by atoms with van der Waals surface area (Å²) >= 11 is 0. The molecule has 296 valence electrons. The molecule has 2 aromatic heterocycles. The molecule has 0 bridgehead atoms. The van der Waals surface area contributed by atoms with E-state index in [0.717, 1.165) is 61.2 Å². The summed E-state index contributed by atoms with van der Waals surface area (Å²) in [6.07, 6.45) is 12.2. The van der Waals surface area contributed by atoms with E-state index in [-0.39, 0.29) is 11.9 Å². The molecule has 58 heavy (non-hydrogen) atoms. The maximum absolute atomic E-state index is 12.0. The third-order valence-electron chi connectivity index (χ3n) is 11.3. The maximum atomic E-state index is 12.0. The number of carbonyl (C=O) groups is 2. The Hall–Kier alpha value is -6.28. The van der Waals surface area contributed by atoms with Gasteiger partial charge in [-0.2, -0.15) is 0 Å². The number of ether oxygens (including phenoxy) is 4. The lowest BCUT2D eigenvalue weighted by atomic mass is 9.86. The predicted molar refractivity (Wildman–Crippen MR) is 227 cm³/mol. The van der Waals surface area contributed by atoms with Crippen molar-refractivity contribution in [1.29, 1.82) is 0 Å². The van der Waals surface area contributed by atoms with Crippen LogP contribution in [0.1, 0.15) is 91.6 Å². The van der Waals surface area contributed by atoms with Crippen LogP contribution in [0.3, 0.4) is 0 Å². The minimum absolute atomic E-state index is 0.308. The van der Waals surface area contributed by atoms with E-state index < -0.39 is 0 Å². The molecule has 0 fully saturated rings.